The van der Waals surface area contributed by atoms with Crippen molar-refractivity contribution in [3.63, 3.8) is 0 Å². The molecule has 0 aromatic rings. The number of aliphatic imine (C=N–C) groups is 1. The molecule has 0 aromatic heterocycles. The average Bonchev–Trinajstić information content (AvgIpc) is 2.59. The van der Waals surface area contributed by atoms with Gasteiger partial charge in [0.15, 0.2) is 5.96 Å². The van der Waals surface area contributed by atoms with Gasteiger partial charge in [-0.1, -0.05) is 6.42 Å². The zero-order valence-electron chi connectivity index (χ0n) is 14.2. The minimum Gasteiger partial charge on any atom is -0.381 e. The molecule has 0 aliphatic carbocycles. The Bertz CT molecular complexity index is 339. The first kappa shape index (κ1) is 17.9. The van der Waals surface area contributed by atoms with E-state index in [2.05, 4.69) is 26.8 Å². The van der Waals surface area contributed by atoms with Crippen LogP contribution in [0.3, 0.4) is 0 Å². The Balaban J connectivity index is 1.67. The maximum Gasteiger partial charge on any atom is 0.191 e. The first-order valence-electron chi connectivity index (χ1n) is 8.58. The fourth-order valence-corrected chi connectivity index (χ4v) is 3.97. The molecule has 128 valence electrons. The van der Waals surface area contributed by atoms with Crippen molar-refractivity contribution >= 4 is 17.7 Å². The molecule has 0 aromatic carbocycles. The van der Waals surface area contributed by atoms with Crippen LogP contribution in [-0.2, 0) is 4.74 Å². The molecule has 2 rings (SSSR count). The lowest BCUT2D eigenvalue weighted by Crippen LogP contribution is -2.49. The highest BCUT2D eigenvalue weighted by Gasteiger charge is 2.31. The normalized spacial score (nSPS) is 23.3. The number of likely N-dealkylation sites (tertiary alicyclic amines) is 1. The molecule has 0 atom stereocenters. The minimum absolute atomic E-state index is 0.294. The largest absolute Gasteiger partial charge is 0.381 e. The lowest BCUT2D eigenvalue weighted by atomic mass is 9.99. The molecule has 6 heteroatoms. The number of guanidine groups is 1. The summed E-state index contributed by atoms with van der Waals surface area (Å²) in [5, 5.41) is 6.97. The van der Waals surface area contributed by atoms with E-state index in [0.29, 0.717) is 4.75 Å². The van der Waals surface area contributed by atoms with Crippen LogP contribution < -0.4 is 10.6 Å². The van der Waals surface area contributed by atoms with Crippen molar-refractivity contribution in [2.75, 3.05) is 59.2 Å². The lowest BCUT2D eigenvalue weighted by molar-refractivity contribution is 0.0783. The first-order chi connectivity index (χ1) is 10.8. The van der Waals surface area contributed by atoms with Gasteiger partial charge in [-0.25, -0.2) is 0 Å². The van der Waals surface area contributed by atoms with E-state index in [1.165, 1.54) is 32.4 Å². The molecular formula is C16H32N4OS. The molecule has 2 heterocycles. The van der Waals surface area contributed by atoms with Crippen molar-refractivity contribution in [3.05, 3.63) is 0 Å². The molecule has 0 amide bonds. The third kappa shape index (κ3) is 5.63. The van der Waals surface area contributed by atoms with Gasteiger partial charge in [-0.3, -0.25) is 4.99 Å². The number of nitrogens with zero attached hydrogens (tertiary/aromatic N) is 2. The van der Waals surface area contributed by atoms with Crippen molar-refractivity contribution in [1.82, 2.24) is 15.5 Å². The summed E-state index contributed by atoms with van der Waals surface area (Å²) < 4.78 is 5.79. The predicted octanol–water partition coefficient (Wildman–Crippen LogP) is 1.55. The topological polar surface area (TPSA) is 48.9 Å². The van der Waals surface area contributed by atoms with E-state index in [9.17, 15) is 0 Å². The molecule has 2 aliphatic rings. The van der Waals surface area contributed by atoms with Crippen molar-refractivity contribution in [2.45, 2.75) is 36.9 Å². The quantitative estimate of drug-likeness (QED) is 0.572. The van der Waals surface area contributed by atoms with Crippen molar-refractivity contribution in [2.24, 2.45) is 4.99 Å². The number of hydrogen-bond donors (Lipinski definition) is 2. The van der Waals surface area contributed by atoms with Crippen LogP contribution in [0.1, 0.15) is 32.1 Å². The molecule has 2 N–H and O–H groups in total. The second-order valence-corrected chi connectivity index (χ2v) is 7.53. The van der Waals surface area contributed by atoms with Crippen LogP contribution in [0.5, 0.6) is 0 Å². The van der Waals surface area contributed by atoms with Gasteiger partial charge in [0.25, 0.3) is 0 Å². The highest BCUT2D eigenvalue weighted by Crippen LogP contribution is 2.32. The van der Waals surface area contributed by atoms with E-state index >= 15 is 0 Å². The number of ether oxygens (including phenoxy) is 1. The minimum atomic E-state index is 0.294. The van der Waals surface area contributed by atoms with Gasteiger partial charge in [-0.15, -0.1) is 0 Å². The Kier molecular flexibility index (Phi) is 7.83. The van der Waals surface area contributed by atoms with Gasteiger partial charge in [0.05, 0.1) is 0 Å². The lowest BCUT2D eigenvalue weighted by Gasteiger charge is -2.36. The summed E-state index contributed by atoms with van der Waals surface area (Å²) in [6.45, 7) is 7.30. The van der Waals surface area contributed by atoms with Crippen molar-refractivity contribution in [3.8, 4) is 0 Å². The summed E-state index contributed by atoms with van der Waals surface area (Å²) >= 11 is 1.96. The van der Waals surface area contributed by atoms with Gasteiger partial charge in [-0.2, -0.15) is 11.8 Å². The van der Waals surface area contributed by atoms with E-state index < -0.39 is 0 Å². The SMILES string of the molecule is CN=C(NCCN1CCCCC1)NCC1(SC)CCOCC1. The van der Waals surface area contributed by atoms with Gasteiger partial charge in [0.1, 0.15) is 0 Å². The molecule has 0 saturated carbocycles. The highest BCUT2D eigenvalue weighted by atomic mass is 32.2. The highest BCUT2D eigenvalue weighted by molar-refractivity contribution is 8.00. The van der Waals surface area contributed by atoms with Crippen LogP contribution >= 0.6 is 11.8 Å². The van der Waals surface area contributed by atoms with E-state index in [4.69, 9.17) is 4.74 Å². The van der Waals surface area contributed by atoms with Crippen LogP contribution in [0.25, 0.3) is 0 Å². The van der Waals surface area contributed by atoms with Crippen LogP contribution in [0, 0.1) is 0 Å². The molecule has 0 spiro atoms. The molecule has 0 radical (unpaired) electrons. The standard InChI is InChI=1S/C16H32N4OS/c1-17-15(18-8-11-20-9-4-3-5-10-20)19-14-16(22-2)6-12-21-13-7-16/h3-14H2,1-2H3,(H2,17,18,19). The maximum atomic E-state index is 5.50. The Morgan fingerprint density at radius 1 is 1.18 bits per heavy atom. The molecular weight excluding hydrogens is 296 g/mol. The summed E-state index contributed by atoms with van der Waals surface area (Å²) in [6, 6.07) is 0. The van der Waals surface area contributed by atoms with Crippen molar-refractivity contribution in [1.29, 1.82) is 0 Å². The fraction of sp³-hybridized carbons (Fsp3) is 0.938. The fourth-order valence-electron chi connectivity index (χ4n) is 3.18. The van der Waals surface area contributed by atoms with Crippen LogP contribution in [-0.4, -0.2) is 74.8 Å². The Hall–Kier alpha value is -0.460. The average molecular weight is 329 g/mol. The van der Waals surface area contributed by atoms with Gasteiger partial charge in [0, 0.05) is 44.6 Å². The van der Waals surface area contributed by atoms with Gasteiger partial charge < -0.3 is 20.3 Å². The molecule has 22 heavy (non-hydrogen) atoms. The van der Waals surface area contributed by atoms with Gasteiger partial charge in [0.2, 0.25) is 0 Å². The summed E-state index contributed by atoms with van der Waals surface area (Å²) in [4.78, 5) is 6.90. The van der Waals surface area contributed by atoms with Crippen LogP contribution in [0.2, 0.25) is 0 Å². The van der Waals surface area contributed by atoms with E-state index in [0.717, 1.165) is 51.6 Å². The molecule has 2 fully saturated rings. The number of rotatable bonds is 6. The smallest absolute Gasteiger partial charge is 0.191 e. The molecule has 2 aliphatic heterocycles. The van der Waals surface area contributed by atoms with Crippen LogP contribution in [0.4, 0.5) is 0 Å². The van der Waals surface area contributed by atoms with Gasteiger partial charge >= 0.3 is 0 Å². The predicted molar refractivity (Wildman–Crippen MR) is 96.0 cm³/mol. The third-order valence-electron chi connectivity index (χ3n) is 4.81. The zero-order chi connectivity index (χ0) is 15.7. The number of nitrogens with one attached hydrogen (secondary N) is 2. The Labute approximate surface area is 139 Å². The molecule has 2 saturated heterocycles. The number of thioether (sulfide) groups is 1. The molecule has 0 unspecified atom stereocenters. The van der Waals surface area contributed by atoms with E-state index in [1.54, 1.807) is 0 Å². The summed E-state index contributed by atoms with van der Waals surface area (Å²) in [5.41, 5.74) is 0. The third-order valence-corrected chi connectivity index (χ3v) is 6.23. The number of hydrogen-bond acceptors (Lipinski definition) is 4. The van der Waals surface area contributed by atoms with Gasteiger partial charge in [-0.05, 0) is 45.0 Å². The molecule has 0 bridgehead atoms. The van der Waals surface area contributed by atoms with E-state index in [1.807, 2.05) is 18.8 Å². The second kappa shape index (κ2) is 9.63. The van der Waals surface area contributed by atoms with E-state index in [-0.39, 0.29) is 0 Å². The first-order valence-corrected chi connectivity index (χ1v) is 9.80. The van der Waals surface area contributed by atoms with Crippen LogP contribution in [0.15, 0.2) is 4.99 Å². The zero-order valence-corrected chi connectivity index (χ0v) is 15.0. The maximum absolute atomic E-state index is 5.50. The summed E-state index contributed by atoms with van der Waals surface area (Å²) in [7, 11) is 1.85. The number of piperidine rings is 1. The Morgan fingerprint density at radius 3 is 2.55 bits per heavy atom. The second-order valence-electron chi connectivity index (χ2n) is 6.25. The monoisotopic (exact) mass is 328 g/mol. The Morgan fingerprint density at radius 2 is 1.91 bits per heavy atom. The van der Waals surface area contributed by atoms with Crippen molar-refractivity contribution < 1.29 is 4.74 Å². The summed E-state index contributed by atoms with van der Waals surface area (Å²) in [6.07, 6.45) is 8.54. The summed E-state index contributed by atoms with van der Waals surface area (Å²) in [5.74, 6) is 0.928. The molecule has 5 nitrogen and oxygen atoms in total.